The Morgan fingerprint density at radius 1 is 1.60 bits per heavy atom. The van der Waals surface area contributed by atoms with E-state index < -0.39 is 0 Å². The summed E-state index contributed by atoms with van der Waals surface area (Å²) < 4.78 is 0. The van der Waals surface area contributed by atoms with Gasteiger partial charge in [-0.25, -0.2) is 9.97 Å². The van der Waals surface area contributed by atoms with E-state index in [1.54, 1.807) is 0 Å². The van der Waals surface area contributed by atoms with E-state index in [1.165, 1.54) is 11.8 Å². The summed E-state index contributed by atoms with van der Waals surface area (Å²) >= 11 is 1.52. The molecular weight excluding hydrogens is 274 g/mol. The fourth-order valence-corrected chi connectivity index (χ4v) is 2.58. The number of hydrogen-bond donors (Lipinski definition) is 2. The number of hydrogen-bond acceptors (Lipinski definition) is 6. The zero-order valence-electron chi connectivity index (χ0n) is 11.9. The number of aromatic nitrogens is 2. The van der Waals surface area contributed by atoms with Crippen LogP contribution < -0.4 is 16.0 Å². The van der Waals surface area contributed by atoms with E-state index in [1.807, 2.05) is 12.3 Å². The molecule has 1 amide bonds. The van der Waals surface area contributed by atoms with Crippen LogP contribution in [0.2, 0.25) is 0 Å². The predicted octanol–water partition coefficient (Wildman–Crippen LogP) is 1.33. The highest BCUT2D eigenvalue weighted by atomic mass is 32.2. The van der Waals surface area contributed by atoms with Crippen LogP contribution in [0.25, 0.3) is 0 Å². The van der Waals surface area contributed by atoms with Gasteiger partial charge >= 0.3 is 0 Å². The van der Waals surface area contributed by atoms with Crippen LogP contribution in [-0.4, -0.2) is 41.8 Å². The lowest BCUT2D eigenvalue weighted by atomic mass is 10.1. The van der Waals surface area contributed by atoms with Crippen molar-refractivity contribution in [3.05, 3.63) is 6.07 Å². The van der Waals surface area contributed by atoms with Crippen LogP contribution in [0.1, 0.15) is 19.8 Å². The summed E-state index contributed by atoms with van der Waals surface area (Å²) in [6.45, 7) is 4.45. The molecule has 1 aromatic rings. The second-order valence-electron chi connectivity index (χ2n) is 4.86. The van der Waals surface area contributed by atoms with Crippen LogP contribution in [0.4, 0.5) is 11.6 Å². The van der Waals surface area contributed by atoms with Gasteiger partial charge in [-0.1, -0.05) is 18.7 Å². The Bertz CT molecular complexity index is 482. The van der Waals surface area contributed by atoms with E-state index in [-0.39, 0.29) is 11.8 Å². The molecule has 1 atom stereocenters. The Hall–Kier alpha value is -1.50. The highest BCUT2D eigenvalue weighted by Crippen LogP contribution is 2.25. The summed E-state index contributed by atoms with van der Waals surface area (Å²) in [6.07, 6.45) is 3.80. The third-order valence-electron chi connectivity index (χ3n) is 3.35. The first-order valence-electron chi connectivity index (χ1n) is 6.85. The molecule has 0 radical (unpaired) electrons. The first-order valence-corrected chi connectivity index (χ1v) is 8.07. The topological polar surface area (TPSA) is 84.1 Å². The zero-order valence-corrected chi connectivity index (χ0v) is 12.7. The third kappa shape index (κ3) is 3.53. The zero-order chi connectivity index (χ0) is 14.5. The first kappa shape index (κ1) is 14.9. The van der Waals surface area contributed by atoms with E-state index in [2.05, 4.69) is 27.1 Å². The number of carbonyl (C=O) groups excluding carboxylic acids is 1. The minimum atomic E-state index is -0.226. The molecule has 110 valence electrons. The molecule has 0 spiro atoms. The summed E-state index contributed by atoms with van der Waals surface area (Å²) in [4.78, 5) is 22.3. The van der Waals surface area contributed by atoms with Crippen LogP contribution in [0.15, 0.2) is 11.2 Å². The molecular formula is C13H21N5OS. The second-order valence-corrected chi connectivity index (χ2v) is 5.63. The maximum Gasteiger partial charge on any atom is 0.222 e. The van der Waals surface area contributed by atoms with Crippen LogP contribution in [-0.2, 0) is 4.79 Å². The number of nitrogens with one attached hydrogen (secondary N) is 1. The van der Waals surface area contributed by atoms with Crippen molar-refractivity contribution in [2.45, 2.75) is 24.9 Å². The van der Waals surface area contributed by atoms with Crippen molar-refractivity contribution in [3.63, 3.8) is 0 Å². The second kappa shape index (κ2) is 6.78. The molecule has 1 aliphatic heterocycles. The van der Waals surface area contributed by atoms with Crippen molar-refractivity contribution >= 4 is 29.3 Å². The average Bonchev–Trinajstić information content (AvgIpc) is 2.94. The van der Waals surface area contributed by atoms with Gasteiger partial charge < -0.3 is 16.0 Å². The van der Waals surface area contributed by atoms with E-state index in [4.69, 9.17) is 5.73 Å². The number of rotatable bonds is 6. The number of anilines is 2. The van der Waals surface area contributed by atoms with Crippen molar-refractivity contribution in [3.8, 4) is 0 Å². The number of nitrogens with zero attached hydrogens (tertiary/aromatic N) is 3. The van der Waals surface area contributed by atoms with Crippen LogP contribution in [0.3, 0.4) is 0 Å². The number of primary amides is 1. The summed E-state index contributed by atoms with van der Waals surface area (Å²) in [6, 6.07) is 1.94. The molecule has 0 aliphatic carbocycles. The summed E-state index contributed by atoms with van der Waals surface area (Å²) in [5, 5.41) is 4.02. The number of nitrogens with two attached hydrogens (primary N) is 1. The highest BCUT2D eigenvalue weighted by molar-refractivity contribution is 7.98. The maximum absolute atomic E-state index is 11.3. The molecule has 2 rings (SSSR count). The lowest BCUT2D eigenvalue weighted by molar-refractivity contribution is -0.121. The summed E-state index contributed by atoms with van der Waals surface area (Å²) in [7, 11) is 0. The molecule has 0 bridgehead atoms. The van der Waals surface area contributed by atoms with Gasteiger partial charge in [0, 0.05) is 25.7 Å². The Morgan fingerprint density at radius 3 is 3.00 bits per heavy atom. The Labute approximate surface area is 123 Å². The van der Waals surface area contributed by atoms with Crippen LogP contribution in [0.5, 0.6) is 0 Å². The highest BCUT2D eigenvalue weighted by Gasteiger charge is 2.27. The van der Waals surface area contributed by atoms with Crippen molar-refractivity contribution in [2.75, 3.05) is 36.1 Å². The number of thioether (sulfide) groups is 1. The van der Waals surface area contributed by atoms with Crippen LogP contribution >= 0.6 is 11.8 Å². The third-order valence-corrected chi connectivity index (χ3v) is 3.89. The Kier molecular flexibility index (Phi) is 5.05. The molecule has 1 unspecified atom stereocenters. The predicted molar refractivity (Wildman–Crippen MR) is 82.1 cm³/mol. The normalized spacial score (nSPS) is 18.3. The average molecular weight is 295 g/mol. The van der Waals surface area contributed by atoms with Crippen LogP contribution in [0, 0.1) is 5.92 Å². The molecule has 1 aliphatic rings. The lowest BCUT2D eigenvalue weighted by Crippen LogP contribution is -2.27. The van der Waals surface area contributed by atoms with Gasteiger partial charge in [0.15, 0.2) is 5.16 Å². The largest absolute Gasteiger partial charge is 0.370 e. The van der Waals surface area contributed by atoms with Gasteiger partial charge in [-0.15, -0.1) is 0 Å². The first-order chi connectivity index (χ1) is 9.63. The minimum absolute atomic E-state index is 0.0743. The molecule has 1 fully saturated rings. The monoisotopic (exact) mass is 295 g/mol. The van der Waals surface area contributed by atoms with Gasteiger partial charge in [-0.2, -0.15) is 0 Å². The fourth-order valence-electron chi connectivity index (χ4n) is 2.21. The van der Waals surface area contributed by atoms with Crippen molar-refractivity contribution in [2.24, 2.45) is 11.7 Å². The number of carbonyl (C=O) groups is 1. The molecule has 3 N–H and O–H groups in total. The van der Waals surface area contributed by atoms with Crippen molar-refractivity contribution in [1.29, 1.82) is 0 Å². The molecule has 1 saturated heterocycles. The number of amides is 1. The maximum atomic E-state index is 11.3. The Balaban J connectivity index is 2.16. The van der Waals surface area contributed by atoms with Crippen molar-refractivity contribution < 1.29 is 4.79 Å². The SMILES string of the molecule is CCCNc1cc(N2CCC(C(N)=O)C2)nc(SC)n1. The van der Waals surface area contributed by atoms with Gasteiger partial charge in [-0.3, -0.25) is 4.79 Å². The fraction of sp³-hybridized carbons (Fsp3) is 0.615. The van der Waals surface area contributed by atoms with Gasteiger partial charge in [-0.05, 0) is 19.1 Å². The molecule has 2 heterocycles. The van der Waals surface area contributed by atoms with Gasteiger partial charge in [0.2, 0.25) is 5.91 Å². The van der Waals surface area contributed by atoms with E-state index in [0.717, 1.165) is 42.7 Å². The molecule has 0 aromatic carbocycles. The Morgan fingerprint density at radius 2 is 2.40 bits per heavy atom. The molecule has 1 aromatic heterocycles. The van der Waals surface area contributed by atoms with E-state index in [0.29, 0.717) is 6.54 Å². The van der Waals surface area contributed by atoms with Crippen molar-refractivity contribution in [1.82, 2.24) is 9.97 Å². The van der Waals surface area contributed by atoms with E-state index >= 15 is 0 Å². The standard InChI is InChI=1S/C13H21N5OS/c1-3-5-15-10-7-11(17-13(16-10)20-2)18-6-4-9(8-18)12(14)19/h7,9H,3-6,8H2,1-2H3,(H2,14,19)(H,15,16,17). The quantitative estimate of drug-likeness (QED) is 0.608. The van der Waals surface area contributed by atoms with Gasteiger partial charge in [0.25, 0.3) is 0 Å². The summed E-state index contributed by atoms with van der Waals surface area (Å²) in [5.41, 5.74) is 5.37. The minimum Gasteiger partial charge on any atom is -0.370 e. The molecule has 7 heteroatoms. The molecule has 6 nitrogen and oxygen atoms in total. The van der Waals surface area contributed by atoms with Gasteiger partial charge in [0.1, 0.15) is 11.6 Å². The smallest absolute Gasteiger partial charge is 0.222 e. The lowest BCUT2D eigenvalue weighted by Gasteiger charge is -2.18. The van der Waals surface area contributed by atoms with Gasteiger partial charge in [0.05, 0.1) is 5.92 Å². The molecule has 20 heavy (non-hydrogen) atoms. The summed E-state index contributed by atoms with van der Waals surface area (Å²) in [5.74, 6) is 1.40. The van der Waals surface area contributed by atoms with E-state index in [9.17, 15) is 4.79 Å². The molecule has 0 saturated carbocycles.